The molecule has 1 aromatic rings. The first-order chi connectivity index (χ1) is 11.5. The van der Waals surface area contributed by atoms with Gasteiger partial charge in [-0.2, -0.15) is 0 Å². The second kappa shape index (κ2) is 9.04. The average Bonchev–Trinajstić information content (AvgIpc) is 2.55. The molecule has 3 N–H and O–H groups in total. The van der Waals surface area contributed by atoms with Gasteiger partial charge in [0.1, 0.15) is 0 Å². The van der Waals surface area contributed by atoms with Crippen LogP contribution in [-0.4, -0.2) is 62.1 Å². The van der Waals surface area contributed by atoms with E-state index in [4.69, 9.17) is 5.73 Å². The van der Waals surface area contributed by atoms with Gasteiger partial charge in [-0.3, -0.25) is 4.99 Å². The molecule has 1 aromatic carbocycles. The van der Waals surface area contributed by atoms with Crippen LogP contribution in [0.15, 0.2) is 29.3 Å². The number of likely N-dealkylation sites (tertiary alicyclic amines) is 1. The van der Waals surface area contributed by atoms with Crippen LogP contribution in [0.25, 0.3) is 0 Å². The molecule has 0 unspecified atom stereocenters. The summed E-state index contributed by atoms with van der Waals surface area (Å²) >= 11 is 0. The molecule has 24 heavy (non-hydrogen) atoms. The molecule has 0 radical (unpaired) electrons. The number of anilines is 1. The normalized spacial score (nSPS) is 17.7. The van der Waals surface area contributed by atoms with Crippen LogP contribution in [0.1, 0.15) is 38.2 Å². The predicted molar refractivity (Wildman–Crippen MR) is 104 cm³/mol. The Labute approximate surface area is 146 Å². The summed E-state index contributed by atoms with van der Waals surface area (Å²) in [5.41, 5.74) is 8.33. The summed E-state index contributed by atoms with van der Waals surface area (Å²) in [4.78, 5) is 9.29. The maximum atomic E-state index is 6.02. The summed E-state index contributed by atoms with van der Waals surface area (Å²) in [6, 6.07) is 9.09. The molecule has 5 nitrogen and oxygen atoms in total. The number of aliphatic imine (C=N–C) groups is 1. The number of nitrogens with two attached hydrogens (primary N) is 1. The van der Waals surface area contributed by atoms with Crippen LogP contribution in [-0.2, 0) is 0 Å². The number of nitrogens with zero attached hydrogens (tertiary/aromatic N) is 3. The smallest absolute Gasteiger partial charge is 0.193 e. The third kappa shape index (κ3) is 5.80. The minimum atomic E-state index is 0.499. The Hall–Kier alpha value is -1.59. The number of benzene rings is 1. The molecule has 0 spiro atoms. The lowest BCUT2D eigenvalue weighted by Crippen LogP contribution is -2.42. The molecule has 0 aliphatic carbocycles. The fraction of sp³-hybridized carbons (Fsp3) is 0.632. The van der Waals surface area contributed by atoms with E-state index >= 15 is 0 Å². The third-order valence-electron chi connectivity index (χ3n) is 4.81. The van der Waals surface area contributed by atoms with Crippen LogP contribution in [0, 0.1) is 0 Å². The highest BCUT2D eigenvalue weighted by Gasteiger charge is 2.19. The van der Waals surface area contributed by atoms with Gasteiger partial charge in [-0.15, -0.1) is 0 Å². The Kier molecular flexibility index (Phi) is 7.06. The number of nitrogens with one attached hydrogen (secondary N) is 1. The topological polar surface area (TPSA) is 56.9 Å². The Morgan fingerprint density at radius 3 is 2.67 bits per heavy atom. The molecule has 1 fully saturated rings. The van der Waals surface area contributed by atoms with E-state index in [1.165, 1.54) is 18.4 Å². The first-order valence-electron chi connectivity index (χ1n) is 9.01. The summed E-state index contributed by atoms with van der Waals surface area (Å²) in [6.07, 6.45) is 2.49. The molecule has 0 bridgehead atoms. The van der Waals surface area contributed by atoms with Crippen LogP contribution < -0.4 is 11.1 Å². The molecule has 0 aromatic heterocycles. The molecular formula is C19H33N5. The Bertz CT molecular complexity index is 530. The van der Waals surface area contributed by atoms with Gasteiger partial charge < -0.3 is 20.9 Å². The van der Waals surface area contributed by atoms with Crippen LogP contribution in [0.3, 0.4) is 0 Å². The highest BCUT2D eigenvalue weighted by atomic mass is 15.2. The molecule has 0 amide bonds. The fourth-order valence-corrected chi connectivity index (χ4v) is 3.13. The van der Waals surface area contributed by atoms with Gasteiger partial charge in [0.2, 0.25) is 0 Å². The maximum Gasteiger partial charge on any atom is 0.193 e. The van der Waals surface area contributed by atoms with E-state index in [1.807, 2.05) is 6.07 Å². The second-order valence-corrected chi connectivity index (χ2v) is 7.21. The van der Waals surface area contributed by atoms with Crippen molar-refractivity contribution in [3.8, 4) is 0 Å². The second-order valence-electron chi connectivity index (χ2n) is 7.21. The van der Waals surface area contributed by atoms with Crippen molar-refractivity contribution in [1.29, 1.82) is 0 Å². The summed E-state index contributed by atoms with van der Waals surface area (Å²) in [5, 5.41) is 3.20. The summed E-state index contributed by atoms with van der Waals surface area (Å²) < 4.78 is 0. The van der Waals surface area contributed by atoms with Crippen molar-refractivity contribution >= 4 is 11.6 Å². The van der Waals surface area contributed by atoms with Crippen molar-refractivity contribution in [2.24, 2.45) is 10.7 Å². The van der Waals surface area contributed by atoms with E-state index < -0.39 is 0 Å². The van der Waals surface area contributed by atoms with Crippen LogP contribution in [0.2, 0.25) is 0 Å². The fourth-order valence-electron chi connectivity index (χ4n) is 3.13. The van der Waals surface area contributed by atoms with E-state index in [-0.39, 0.29) is 0 Å². The summed E-state index contributed by atoms with van der Waals surface area (Å²) in [7, 11) is 4.34. The maximum absolute atomic E-state index is 6.02. The molecular weight excluding hydrogens is 298 g/mol. The molecule has 5 heteroatoms. The first kappa shape index (κ1) is 18.7. The largest absolute Gasteiger partial charge is 0.370 e. The zero-order valence-electron chi connectivity index (χ0n) is 15.6. The van der Waals surface area contributed by atoms with Gasteiger partial charge in [-0.05, 0) is 63.6 Å². The van der Waals surface area contributed by atoms with Crippen LogP contribution in [0.5, 0.6) is 0 Å². The Balaban J connectivity index is 1.75. The van der Waals surface area contributed by atoms with E-state index in [0.29, 0.717) is 11.9 Å². The minimum Gasteiger partial charge on any atom is -0.370 e. The molecule has 134 valence electrons. The highest BCUT2D eigenvalue weighted by Crippen LogP contribution is 2.18. The molecule has 1 heterocycles. The van der Waals surface area contributed by atoms with Gasteiger partial charge >= 0.3 is 0 Å². The number of guanidine groups is 1. The Morgan fingerprint density at radius 1 is 1.33 bits per heavy atom. The van der Waals surface area contributed by atoms with Gasteiger partial charge in [0.05, 0.1) is 6.54 Å². The van der Waals surface area contributed by atoms with Crippen molar-refractivity contribution in [3.05, 3.63) is 29.8 Å². The minimum absolute atomic E-state index is 0.499. The van der Waals surface area contributed by atoms with Crippen LogP contribution in [0.4, 0.5) is 5.69 Å². The van der Waals surface area contributed by atoms with E-state index in [0.717, 1.165) is 37.9 Å². The quantitative estimate of drug-likeness (QED) is 0.621. The SMILES string of the molecule is CC(C)c1cccc(NC(N)=NCCN2CCC(N(C)C)CC2)c1. The zero-order valence-corrected chi connectivity index (χ0v) is 15.6. The van der Waals surface area contributed by atoms with E-state index in [9.17, 15) is 0 Å². The van der Waals surface area contributed by atoms with Crippen molar-refractivity contribution < 1.29 is 0 Å². The van der Waals surface area contributed by atoms with Crippen molar-refractivity contribution in [1.82, 2.24) is 9.80 Å². The highest BCUT2D eigenvalue weighted by molar-refractivity contribution is 5.92. The molecule has 1 saturated heterocycles. The van der Waals surface area contributed by atoms with E-state index in [2.05, 4.69) is 66.3 Å². The van der Waals surface area contributed by atoms with Crippen molar-refractivity contribution in [3.63, 3.8) is 0 Å². The average molecular weight is 332 g/mol. The van der Waals surface area contributed by atoms with Gasteiger partial charge in [0.15, 0.2) is 5.96 Å². The number of rotatable bonds is 6. The standard InChI is InChI=1S/C19H33N5/c1-15(2)16-6-5-7-17(14-16)22-19(20)21-10-13-24-11-8-18(9-12-24)23(3)4/h5-7,14-15,18H,8-13H2,1-4H3,(H3,20,21,22). The van der Waals surface area contributed by atoms with Crippen LogP contribution >= 0.6 is 0 Å². The molecule has 1 aliphatic heterocycles. The summed E-state index contributed by atoms with van der Waals surface area (Å²) in [6.45, 7) is 8.42. The Morgan fingerprint density at radius 2 is 2.04 bits per heavy atom. The number of piperidine rings is 1. The molecule has 1 aliphatic rings. The molecule has 0 saturated carbocycles. The monoisotopic (exact) mass is 331 g/mol. The van der Waals surface area contributed by atoms with Crippen molar-refractivity contribution in [2.75, 3.05) is 45.6 Å². The van der Waals surface area contributed by atoms with Gasteiger partial charge in [-0.1, -0.05) is 26.0 Å². The lowest BCUT2D eigenvalue weighted by Gasteiger charge is -2.34. The summed E-state index contributed by atoms with van der Waals surface area (Å²) in [5.74, 6) is 1.01. The van der Waals surface area contributed by atoms with Crippen molar-refractivity contribution in [2.45, 2.75) is 38.6 Å². The number of hydrogen-bond donors (Lipinski definition) is 2. The molecule has 2 rings (SSSR count). The van der Waals surface area contributed by atoms with Gasteiger partial charge in [0, 0.05) is 18.3 Å². The lowest BCUT2D eigenvalue weighted by atomic mass is 10.0. The van der Waals surface area contributed by atoms with E-state index in [1.54, 1.807) is 0 Å². The van der Waals surface area contributed by atoms with Gasteiger partial charge in [0.25, 0.3) is 0 Å². The number of hydrogen-bond acceptors (Lipinski definition) is 3. The first-order valence-corrected chi connectivity index (χ1v) is 9.01. The zero-order chi connectivity index (χ0) is 17.5. The lowest BCUT2D eigenvalue weighted by molar-refractivity contribution is 0.148. The predicted octanol–water partition coefficient (Wildman–Crippen LogP) is 2.56. The van der Waals surface area contributed by atoms with Gasteiger partial charge in [-0.25, -0.2) is 0 Å². The third-order valence-corrected chi connectivity index (χ3v) is 4.81. The molecule has 0 atom stereocenters.